The number of ether oxygens (including phenoxy) is 1. The van der Waals surface area contributed by atoms with Gasteiger partial charge < -0.3 is 14.5 Å². The molecule has 0 aliphatic carbocycles. The largest absolute Gasteiger partial charge is 0.363 e. The van der Waals surface area contributed by atoms with Gasteiger partial charge in [-0.25, -0.2) is 9.37 Å². The number of aryl methyl sites for hydroxylation is 1. The molecule has 29 heavy (non-hydrogen) atoms. The van der Waals surface area contributed by atoms with Crippen LogP contribution >= 0.6 is 0 Å². The van der Waals surface area contributed by atoms with Crippen LogP contribution in [0.4, 0.5) is 10.1 Å². The molecule has 0 N–H and O–H groups in total. The van der Waals surface area contributed by atoms with Gasteiger partial charge in [-0.1, -0.05) is 0 Å². The number of likely N-dealkylation sites (tertiary alicyclic amines) is 1. The summed E-state index contributed by atoms with van der Waals surface area (Å²) in [5.41, 5.74) is 1.18. The molecule has 0 bridgehead atoms. The van der Waals surface area contributed by atoms with Crippen LogP contribution in [0, 0.1) is 12.7 Å². The molecule has 2 aliphatic heterocycles. The Bertz CT molecular complexity index is 920. The normalized spacial score (nSPS) is 22.6. The van der Waals surface area contributed by atoms with Crippen LogP contribution < -0.4 is 4.90 Å². The highest BCUT2D eigenvalue weighted by Gasteiger charge is 2.42. The van der Waals surface area contributed by atoms with Crippen LogP contribution in [0.25, 0.3) is 0 Å². The van der Waals surface area contributed by atoms with E-state index in [-0.39, 0.29) is 24.2 Å². The van der Waals surface area contributed by atoms with Gasteiger partial charge in [0.1, 0.15) is 18.1 Å². The first-order valence-electron chi connectivity index (χ1n) is 9.74. The van der Waals surface area contributed by atoms with Gasteiger partial charge in [0, 0.05) is 25.0 Å². The molecule has 1 aromatic heterocycles. The van der Waals surface area contributed by atoms with Crippen molar-refractivity contribution in [1.82, 2.24) is 14.9 Å². The number of amides is 2. The Morgan fingerprint density at radius 2 is 1.97 bits per heavy atom. The summed E-state index contributed by atoms with van der Waals surface area (Å²) in [6, 6.07) is 5.91. The minimum absolute atomic E-state index is 0.0192. The highest BCUT2D eigenvalue weighted by molar-refractivity contribution is 5.95. The Labute approximate surface area is 168 Å². The number of aromatic nitrogens is 2. The Balaban J connectivity index is 1.48. The summed E-state index contributed by atoms with van der Waals surface area (Å²) in [5, 5.41) is 0. The summed E-state index contributed by atoms with van der Waals surface area (Å²) in [6.45, 7) is 3.29. The summed E-state index contributed by atoms with van der Waals surface area (Å²) >= 11 is 0. The maximum Gasteiger partial charge on any atom is 0.274 e. The number of carbonyl (C=O) groups excluding carboxylic acids is 2. The Morgan fingerprint density at radius 1 is 1.17 bits per heavy atom. The maximum atomic E-state index is 13.3. The second-order valence-electron chi connectivity index (χ2n) is 7.62. The third-order valence-corrected chi connectivity index (χ3v) is 5.55. The standard InChI is InChI=1S/C21H23FN4O3/c1-15-11-23-12-18(24-15)20(28)25-9-2-7-21(8-10-25)14-26(19(27)13-29-21)17-5-3-16(22)4-6-17/h3-6,11-12H,2,7-10,13-14H2,1H3. The molecule has 0 saturated carbocycles. The number of anilines is 1. The van der Waals surface area contributed by atoms with Crippen molar-refractivity contribution < 1.29 is 18.7 Å². The molecule has 7 nitrogen and oxygen atoms in total. The lowest BCUT2D eigenvalue weighted by Gasteiger charge is -2.42. The minimum Gasteiger partial charge on any atom is -0.363 e. The predicted molar refractivity (Wildman–Crippen MR) is 104 cm³/mol. The lowest BCUT2D eigenvalue weighted by atomic mass is 9.92. The van der Waals surface area contributed by atoms with Crippen molar-refractivity contribution in [3.8, 4) is 0 Å². The minimum atomic E-state index is -0.518. The Morgan fingerprint density at radius 3 is 2.72 bits per heavy atom. The molecule has 152 valence electrons. The monoisotopic (exact) mass is 398 g/mol. The van der Waals surface area contributed by atoms with Crippen LogP contribution in [0.5, 0.6) is 0 Å². The number of hydrogen-bond acceptors (Lipinski definition) is 5. The van der Waals surface area contributed by atoms with Crippen molar-refractivity contribution in [2.45, 2.75) is 31.8 Å². The number of benzene rings is 1. The van der Waals surface area contributed by atoms with Crippen LogP contribution in [-0.4, -0.2) is 58.5 Å². The smallest absolute Gasteiger partial charge is 0.274 e. The fourth-order valence-corrected chi connectivity index (χ4v) is 3.97. The highest BCUT2D eigenvalue weighted by atomic mass is 19.1. The molecule has 1 atom stereocenters. The van der Waals surface area contributed by atoms with Gasteiger partial charge in [-0.3, -0.25) is 14.6 Å². The number of rotatable bonds is 2. The lowest BCUT2D eigenvalue weighted by Crippen LogP contribution is -2.55. The van der Waals surface area contributed by atoms with E-state index in [4.69, 9.17) is 4.74 Å². The second-order valence-corrected chi connectivity index (χ2v) is 7.62. The zero-order valence-electron chi connectivity index (χ0n) is 16.3. The molecule has 2 saturated heterocycles. The molecule has 1 spiro atoms. The van der Waals surface area contributed by atoms with E-state index in [1.54, 1.807) is 35.1 Å². The van der Waals surface area contributed by atoms with Crippen LogP contribution in [0.15, 0.2) is 36.7 Å². The van der Waals surface area contributed by atoms with Crippen molar-refractivity contribution in [3.05, 3.63) is 53.9 Å². The van der Waals surface area contributed by atoms with E-state index in [9.17, 15) is 14.0 Å². The van der Waals surface area contributed by atoms with Gasteiger partial charge in [0.05, 0.1) is 24.0 Å². The predicted octanol–water partition coefficient (Wildman–Crippen LogP) is 2.35. The molecule has 0 radical (unpaired) electrons. The molecule has 8 heteroatoms. The summed E-state index contributed by atoms with van der Waals surface area (Å²) < 4.78 is 19.3. The molecule has 2 amide bonds. The summed E-state index contributed by atoms with van der Waals surface area (Å²) in [6.07, 6.45) is 5.22. The van der Waals surface area contributed by atoms with Gasteiger partial charge in [0.2, 0.25) is 0 Å². The number of halogens is 1. The van der Waals surface area contributed by atoms with E-state index in [1.807, 2.05) is 0 Å². The molecule has 2 aliphatic rings. The second kappa shape index (κ2) is 7.87. The van der Waals surface area contributed by atoms with E-state index in [1.165, 1.54) is 18.3 Å². The van der Waals surface area contributed by atoms with E-state index < -0.39 is 5.60 Å². The van der Waals surface area contributed by atoms with Crippen molar-refractivity contribution >= 4 is 17.5 Å². The highest BCUT2D eigenvalue weighted by Crippen LogP contribution is 2.33. The van der Waals surface area contributed by atoms with Crippen LogP contribution in [-0.2, 0) is 9.53 Å². The first-order valence-corrected chi connectivity index (χ1v) is 9.74. The fraction of sp³-hybridized carbons (Fsp3) is 0.429. The molecule has 1 unspecified atom stereocenters. The fourth-order valence-electron chi connectivity index (χ4n) is 3.97. The first kappa shape index (κ1) is 19.4. The van der Waals surface area contributed by atoms with E-state index in [0.717, 1.165) is 12.8 Å². The zero-order chi connectivity index (χ0) is 20.4. The third kappa shape index (κ3) is 4.12. The van der Waals surface area contributed by atoms with Crippen LogP contribution in [0.3, 0.4) is 0 Å². The van der Waals surface area contributed by atoms with E-state index in [0.29, 0.717) is 43.1 Å². The summed E-state index contributed by atoms with van der Waals surface area (Å²) in [7, 11) is 0. The van der Waals surface area contributed by atoms with E-state index in [2.05, 4.69) is 9.97 Å². The van der Waals surface area contributed by atoms with Gasteiger partial charge in [0.25, 0.3) is 11.8 Å². The molecule has 2 fully saturated rings. The Kier molecular flexibility index (Phi) is 5.27. The molecular weight excluding hydrogens is 375 g/mol. The number of morpholine rings is 1. The molecule has 4 rings (SSSR count). The van der Waals surface area contributed by atoms with Crippen LogP contribution in [0.1, 0.15) is 35.4 Å². The number of nitrogens with zero attached hydrogens (tertiary/aromatic N) is 4. The maximum absolute atomic E-state index is 13.3. The number of carbonyl (C=O) groups is 2. The van der Waals surface area contributed by atoms with Gasteiger partial charge in [-0.15, -0.1) is 0 Å². The van der Waals surface area contributed by atoms with Crippen LogP contribution in [0.2, 0.25) is 0 Å². The lowest BCUT2D eigenvalue weighted by molar-refractivity contribution is -0.140. The molecule has 2 aromatic rings. The molecular formula is C21H23FN4O3. The average molecular weight is 398 g/mol. The quantitative estimate of drug-likeness (QED) is 0.776. The van der Waals surface area contributed by atoms with Crippen molar-refractivity contribution in [3.63, 3.8) is 0 Å². The SMILES string of the molecule is Cc1cncc(C(=O)N2CCCC3(CC2)CN(c2ccc(F)cc2)C(=O)CO3)n1. The van der Waals surface area contributed by atoms with Crippen molar-refractivity contribution in [1.29, 1.82) is 0 Å². The Hall–Kier alpha value is -2.87. The first-order chi connectivity index (χ1) is 14.0. The van der Waals surface area contributed by atoms with Gasteiger partial charge in [0.15, 0.2) is 0 Å². The molecule has 1 aromatic carbocycles. The van der Waals surface area contributed by atoms with E-state index >= 15 is 0 Å². The van der Waals surface area contributed by atoms with Gasteiger partial charge in [-0.05, 0) is 50.5 Å². The number of hydrogen-bond donors (Lipinski definition) is 0. The zero-order valence-corrected chi connectivity index (χ0v) is 16.3. The summed E-state index contributed by atoms with van der Waals surface area (Å²) in [4.78, 5) is 37.0. The molecule has 3 heterocycles. The van der Waals surface area contributed by atoms with Gasteiger partial charge >= 0.3 is 0 Å². The topological polar surface area (TPSA) is 75.6 Å². The van der Waals surface area contributed by atoms with Crippen molar-refractivity contribution in [2.24, 2.45) is 0 Å². The van der Waals surface area contributed by atoms with Gasteiger partial charge in [-0.2, -0.15) is 0 Å². The summed E-state index contributed by atoms with van der Waals surface area (Å²) in [5.74, 6) is -0.623. The average Bonchev–Trinajstić information content (AvgIpc) is 2.93. The van der Waals surface area contributed by atoms with Crippen molar-refractivity contribution in [2.75, 3.05) is 31.1 Å². The third-order valence-electron chi connectivity index (χ3n) is 5.55.